The van der Waals surface area contributed by atoms with Crippen LogP contribution >= 0.6 is 0 Å². The lowest BCUT2D eigenvalue weighted by atomic mass is 10.2. The maximum atomic E-state index is 13.7. The fraction of sp³-hybridized carbons (Fsp3) is 0.235. The number of ether oxygens (including phenoxy) is 2. The molecular formula is C17H19FN2O3. The van der Waals surface area contributed by atoms with E-state index in [2.05, 4.69) is 5.32 Å². The van der Waals surface area contributed by atoms with E-state index in [0.717, 1.165) is 0 Å². The Hall–Kier alpha value is -2.76. The van der Waals surface area contributed by atoms with Crippen LogP contribution in [0.2, 0.25) is 0 Å². The number of methoxy groups -OCH3 is 2. The Morgan fingerprint density at radius 1 is 1.13 bits per heavy atom. The monoisotopic (exact) mass is 318 g/mol. The van der Waals surface area contributed by atoms with E-state index >= 15 is 0 Å². The highest BCUT2D eigenvalue weighted by atomic mass is 19.1. The summed E-state index contributed by atoms with van der Waals surface area (Å²) in [6, 6.07) is 11.3. The Morgan fingerprint density at radius 2 is 1.83 bits per heavy atom. The van der Waals surface area contributed by atoms with Crippen LogP contribution in [0, 0.1) is 5.82 Å². The first-order valence-electron chi connectivity index (χ1n) is 7.02. The molecule has 2 aromatic rings. The van der Waals surface area contributed by atoms with Crippen molar-refractivity contribution in [3.8, 4) is 11.5 Å². The third kappa shape index (κ3) is 4.35. The molecule has 2 rings (SSSR count). The highest BCUT2D eigenvalue weighted by Crippen LogP contribution is 2.19. The smallest absolute Gasteiger partial charge is 0.321 e. The molecule has 0 aliphatic carbocycles. The minimum atomic E-state index is -0.450. The Kier molecular flexibility index (Phi) is 5.41. The number of benzene rings is 2. The molecule has 0 aliphatic rings. The standard InChI is InChI=1S/C17H19FN2O3/c1-20(11-12-4-9-16(23-3)15(18)10-12)17(21)19-13-5-7-14(22-2)8-6-13/h4-10H,11H2,1-3H3,(H,19,21). The second-order valence-electron chi connectivity index (χ2n) is 4.98. The topological polar surface area (TPSA) is 50.8 Å². The molecule has 0 unspecified atom stereocenters. The van der Waals surface area contributed by atoms with Gasteiger partial charge in [0.05, 0.1) is 14.2 Å². The van der Waals surface area contributed by atoms with Gasteiger partial charge in [0.1, 0.15) is 5.75 Å². The molecule has 0 fully saturated rings. The van der Waals surface area contributed by atoms with E-state index in [-0.39, 0.29) is 18.3 Å². The van der Waals surface area contributed by atoms with Gasteiger partial charge in [-0.3, -0.25) is 0 Å². The molecule has 5 nitrogen and oxygen atoms in total. The average molecular weight is 318 g/mol. The van der Waals surface area contributed by atoms with Gasteiger partial charge in [-0.05, 0) is 42.0 Å². The summed E-state index contributed by atoms with van der Waals surface area (Å²) in [6.45, 7) is 0.281. The number of amides is 2. The number of urea groups is 1. The molecule has 0 radical (unpaired) electrons. The number of anilines is 1. The predicted molar refractivity (Wildman–Crippen MR) is 86.4 cm³/mol. The van der Waals surface area contributed by atoms with Crippen molar-refractivity contribution in [3.63, 3.8) is 0 Å². The molecule has 122 valence electrons. The van der Waals surface area contributed by atoms with Crippen molar-refractivity contribution >= 4 is 11.7 Å². The van der Waals surface area contributed by atoms with Crippen LogP contribution in [0.1, 0.15) is 5.56 Å². The lowest BCUT2D eigenvalue weighted by Crippen LogP contribution is -2.30. The van der Waals surface area contributed by atoms with Crippen LogP contribution in [0.25, 0.3) is 0 Å². The summed E-state index contributed by atoms with van der Waals surface area (Å²) >= 11 is 0. The first kappa shape index (κ1) is 16.6. The third-order valence-electron chi connectivity index (χ3n) is 3.32. The van der Waals surface area contributed by atoms with Crippen molar-refractivity contribution < 1.29 is 18.7 Å². The zero-order valence-corrected chi connectivity index (χ0v) is 13.3. The molecule has 0 heterocycles. The largest absolute Gasteiger partial charge is 0.497 e. The average Bonchev–Trinajstić information content (AvgIpc) is 2.55. The fourth-order valence-electron chi connectivity index (χ4n) is 2.05. The van der Waals surface area contributed by atoms with Crippen LogP contribution in [0.3, 0.4) is 0 Å². The van der Waals surface area contributed by atoms with Gasteiger partial charge < -0.3 is 19.7 Å². The second kappa shape index (κ2) is 7.49. The van der Waals surface area contributed by atoms with Crippen molar-refractivity contribution in [1.82, 2.24) is 4.90 Å². The van der Waals surface area contributed by atoms with E-state index in [1.165, 1.54) is 18.1 Å². The summed E-state index contributed by atoms with van der Waals surface area (Å²) in [5.74, 6) is 0.443. The van der Waals surface area contributed by atoms with E-state index < -0.39 is 5.82 Å². The number of carbonyl (C=O) groups excluding carboxylic acids is 1. The summed E-state index contributed by atoms with van der Waals surface area (Å²) in [5, 5.41) is 2.76. The van der Waals surface area contributed by atoms with Crippen LogP contribution in [-0.2, 0) is 6.54 Å². The van der Waals surface area contributed by atoms with Gasteiger partial charge in [-0.25, -0.2) is 9.18 Å². The van der Waals surface area contributed by atoms with E-state index in [4.69, 9.17) is 9.47 Å². The first-order chi connectivity index (χ1) is 11.0. The van der Waals surface area contributed by atoms with Gasteiger partial charge in [0, 0.05) is 19.3 Å². The third-order valence-corrected chi connectivity index (χ3v) is 3.32. The van der Waals surface area contributed by atoms with E-state index in [1.54, 1.807) is 50.6 Å². The lowest BCUT2D eigenvalue weighted by molar-refractivity contribution is 0.220. The van der Waals surface area contributed by atoms with Crippen LogP contribution in [0.4, 0.5) is 14.9 Å². The summed E-state index contributed by atoms with van der Waals surface area (Å²) in [5.41, 5.74) is 1.33. The maximum Gasteiger partial charge on any atom is 0.321 e. The summed E-state index contributed by atoms with van der Waals surface area (Å²) in [7, 11) is 4.63. The highest BCUT2D eigenvalue weighted by Gasteiger charge is 2.11. The van der Waals surface area contributed by atoms with Gasteiger partial charge in [0.15, 0.2) is 11.6 Å². The van der Waals surface area contributed by atoms with Crippen molar-refractivity contribution in [2.75, 3.05) is 26.6 Å². The number of carbonyl (C=O) groups is 1. The van der Waals surface area contributed by atoms with Crippen molar-refractivity contribution in [2.24, 2.45) is 0 Å². The van der Waals surface area contributed by atoms with Crippen LogP contribution < -0.4 is 14.8 Å². The van der Waals surface area contributed by atoms with Gasteiger partial charge >= 0.3 is 6.03 Å². The van der Waals surface area contributed by atoms with Gasteiger partial charge in [0.2, 0.25) is 0 Å². The Balaban J connectivity index is 1.97. The highest BCUT2D eigenvalue weighted by molar-refractivity contribution is 5.89. The zero-order chi connectivity index (χ0) is 16.8. The molecule has 0 atom stereocenters. The van der Waals surface area contributed by atoms with Gasteiger partial charge in [0.25, 0.3) is 0 Å². The van der Waals surface area contributed by atoms with E-state index in [1.807, 2.05) is 0 Å². The molecule has 0 spiro atoms. The van der Waals surface area contributed by atoms with Gasteiger partial charge in [-0.2, -0.15) is 0 Å². The zero-order valence-electron chi connectivity index (χ0n) is 13.3. The predicted octanol–water partition coefficient (Wildman–Crippen LogP) is 3.51. The summed E-state index contributed by atoms with van der Waals surface area (Å²) in [6.07, 6.45) is 0. The minimum Gasteiger partial charge on any atom is -0.497 e. The Labute approximate surface area is 134 Å². The van der Waals surface area contributed by atoms with E-state index in [0.29, 0.717) is 17.0 Å². The van der Waals surface area contributed by atoms with Gasteiger partial charge in [-0.1, -0.05) is 6.07 Å². The quantitative estimate of drug-likeness (QED) is 0.918. The molecule has 6 heteroatoms. The molecule has 0 bridgehead atoms. The molecule has 0 saturated carbocycles. The van der Waals surface area contributed by atoms with Gasteiger partial charge in [-0.15, -0.1) is 0 Å². The second-order valence-corrected chi connectivity index (χ2v) is 4.98. The summed E-state index contributed by atoms with van der Waals surface area (Å²) in [4.78, 5) is 13.6. The molecular weight excluding hydrogens is 299 g/mol. The van der Waals surface area contributed by atoms with Crippen molar-refractivity contribution in [3.05, 3.63) is 53.8 Å². The van der Waals surface area contributed by atoms with E-state index in [9.17, 15) is 9.18 Å². The minimum absolute atomic E-state index is 0.180. The fourth-order valence-corrected chi connectivity index (χ4v) is 2.05. The number of hydrogen-bond acceptors (Lipinski definition) is 3. The molecule has 0 saturated heterocycles. The lowest BCUT2D eigenvalue weighted by Gasteiger charge is -2.18. The first-order valence-corrected chi connectivity index (χ1v) is 7.02. The van der Waals surface area contributed by atoms with Crippen molar-refractivity contribution in [1.29, 1.82) is 0 Å². The van der Waals surface area contributed by atoms with Crippen LogP contribution in [0.15, 0.2) is 42.5 Å². The van der Waals surface area contributed by atoms with Crippen molar-refractivity contribution in [2.45, 2.75) is 6.54 Å². The molecule has 0 aliphatic heterocycles. The summed E-state index contributed by atoms with van der Waals surface area (Å²) < 4.78 is 23.6. The normalized spacial score (nSPS) is 10.1. The number of hydrogen-bond donors (Lipinski definition) is 1. The number of halogens is 1. The molecule has 23 heavy (non-hydrogen) atoms. The maximum absolute atomic E-state index is 13.7. The number of nitrogens with zero attached hydrogens (tertiary/aromatic N) is 1. The molecule has 2 aromatic carbocycles. The SMILES string of the molecule is COc1ccc(NC(=O)N(C)Cc2ccc(OC)c(F)c2)cc1. The Morgan fingerprint density at radius 3 is 2.39 bits per heavy atom. The Bertz CT molecular complexity index is 674. The van der Waals surface area contributed by atoms with Crippen LogP contribution in [0.5, 0.6) is 11.5 Å². The number of rotatable bonds is 5. The molecule has 2 amide bonds. The molecule has 0 aromatic heterocycles. The molecule has 1 N–H and O–H groups in total. The van der Waals surface area contributed by atoms with Crippen LogP contribution in [-0.4, -0.2) is 32.2 Å². The number of nitrogens with one attached hydrogen (secondary N) is 1.